The van der Waals surface area contributed by atoms with Crippen molar-refractivity contribution in [2.75, 3.05) is 31.9 Å². The van der Waals surface area contributed by atoms with Gasteiger partial charge in [-0.25, -0.2) is 0 Å². The number of aliphatic imine (C=N–C) groups is 1. The lowest BCUT2D eigenvalue weighted by atomic mass is 10.3. The van der Waals surface area contributed by atoms with E-state index in [-0.39, 0.29) is 30.1 Å². The number of rotatable bonds is 6. The van der Waals surface area contributed by atoms with Crippen molar-refractivity contribution < 1.29 is 5.11 Å². The van der Waals surface area contributed by atoms with Crippen LogP contribution in [0.5, 0.6) is 0 Å². The van der Waals surface area contributed by atoms with Crippen LogP contribution in [-0.4, -0.2) is 54.0 Å². The van der Waals surface area contributed by atoms with E-state index in [4.69, 9.17) is 0 Å². The Balaban J connectivity index is 0.00000242. The van der Waals surface area contributed by atoms with Gasteiger partial charge in [0.25, 0.3) is 0 Å². The highest BCUT2D eigenvalue weighted by atomic mass is 127. The van der Waals surface area contributed by atoms with Crippen LogP contribution in [0.25, 0.3) is 0 Å². The minimum absolute atomic E-state index is 0. The van der Waals surface area contributed by atoms with E-state index < -0.39 is 0 Å². The molecule has 1 heterocycles. The molecule has 2 rings (SSSR count). The number of aliphatic hydroxyl groups is 1. The van der Waals surface area contributed by atoms with E-state index in [1.807, 2.05) is 17.8 Å². The van der Waals surface area contributed by atoms with Gasteiger partial charge < -0.3 is 15.3 Å². The summed E-state index contributed by atoms with van der Waals surface area (Å²) in [7, 11) is 0. The maximum atomic E-state index is 9.62. The quantitative estimate of drug-likeness (QED) is 0.237. The zero-order valence-electron chi connectivity index (χ0n) is 13.1. The number of aliphatic hydroxyl groups excluding tert-OH is 1. The number of guanidine groups is 1. The summed E-state index contributed by atoms with van der Waals surface area (Å²) in [6.07, 6.45) is 1.70. The maximum Gasteiger partial charge on any atom is 0.194 e. The third kappa shape index (κ3) is 6.75. The molecule has 0 aromatic heterocycles. The SMILES string of the molecule is CCNC(=NCCCSc1ccccc1)N1CC[C@@H](O)C1.I. The highest BCUT2D eigenvalue weighted by molar-refractivity contribution is 14.0. The lowest BCUT2D eigenvalue weighted by Gasteiger charge is -2.20. The summed E-state index contributed by atoms with van der Waals surface area (Å²) in [5.74, 6) is 2.02. The Kier molecular flexibility index (Phi) is 9.90. The van der Waals surface area contributed by atoms with E-state index in [1.165, 1.54) is 4.90 Å². The molecule has 0 aliphatic carbocycles. The predicted octanol–water partition coefficient (Wildman–Crippen LogP) is 2.82. The molecule has 1 aliphatic heterocycles. The fourth-order valence-corrected chi connectivity index (χ4v) is 3.17. The Labute approximate surface area is 154 Å². The lowest BCUT2D eigenvalue weighted by Crippen LogP contribution is -2.40. The summed E-state index contributed by atoms with van der Waals surface area (Å²) >= 11 is 1.87. The van der Waals surface area contributed by atoms with Gasteiger partial charge in [0.05, 0.1) is 6.10 Å². The number of hydrogen-bond acceptors (Lipinski definition) is 3. The van der Waals surface area contributed by atoms with E-state index in [0.29, 0.717) is 6.54 Å². The van der Waals surface area contributed by atoms with Crippen molar-refractivity contribution in [2.45, 2.75) is 30.8 Å². The Morgan fingerprint density at radius 2 is 2.18 bits per heavy atom. The van der Waals surface area contributed by atoms with Crippen LogP contribution < -0.4 is 5.32 Å². The molecule has 1 fully saturated rings. The van der Waals surface area contributed by atoms with Crippen LogP contribution in [0.2, 0.25) is 0 Å². The van der Waals surface area contributed by atoms with Crippen LogP contribution in [0.3, 0.4) is 0 Å². The number of β-amino-alcohol motifs (C(OH)–C–C–N with tert-alkyl or cyclic N) is 1. The smallest absolute Gasteiger partial charge is 0.194 e. The van der Waals surface area contributed by atoms with Crippen molar-refractivity contribution in [1.29, 1.82) is 0 Å². The molecule has 124 valence electrons. The maximum absolute atomic E-state index is 9.62. The Hall–Kier alpha value is -0.470. The molecule has 1 aromatic carbocycles. The highest BCUT2D eigenvalue weighted by Crippen LogP contribution is 2.17. The van der Waals surface area contributed by atoms with E-state index in [2.05, 4.69) is 46.4 Å². The van der Waals surface area contributed by atoms with Crippen molar-refractivity contribution in [2.24, 2.45) is 4.99 Å². The van der Waals surface area contributed by atoms with Crippen LogP contribution >= 0.6 is 35.7 Å². The summed E-state index contributed by atoms with van der Waals surface area (Å²) < 4.78 is 0. The van der Waals surface area contributed by atoms with Gasteiger partial charge in [-0.3, -0.25) is 4.99 Å². The third-order valence-electron chi connectivity index (χ3n) is 3.37. The summed E-state index contributed by atoms with van der Waals surface area (Å²) in [5, 5.41) is 12.9. The predicted molar refractivity (Wildman–Crippen MR) is 105 cm³/mol. The van der Waals surface area contributed by atoms with Crippen LogP contribution in [0.4, 0.5) is 0 Å². The fraction of sp³-hybridized carbons (Fsp3) is 0.562. The second kappa shape index (κ2) is 11.1. The highest BCUT2D eigenvalue weighted by Gasteiger charge is 2.22. The van der Waals surface area contributed by atoms with Gasteiger partial charge in [0, 0.05) is 31.1 Å². The van der Waals surface area contributed by atoms with Crippen LogP contribution in [-0.2, 0) is 0 Å². The van der Waals surface area contributed by atoms with E-state index in [9.17, 15) is 5.11 Å². The summed E-state index contributed by atoms with van der Waals surface area (Å²) in [6.45, 7) is 5.36. The lowest BCUT2D eigenvalue weighted by molar-refractivity contribution is 0.188. The second-order valence-corrected chi connectivity index (χ2v) is 6.31. The molecule has 2 N–H and O–H groups in total. The molecular weight excluding hydrogens is 409 g/mol. The van der Waals surface area contributed by atoms with Gasteiger partial charge in [-0.05, 0) is 37.7 Å². The van der Waals surface area contributed by atoms with E-state index >= 15 is 0 Å². The molecule has 4 nitrogen and oxygen atoms in total. The van der Waals surface area contributed by atoms with Gasteiger partial charge in [0.2, 0.25) is 0 Å². The Morgan fingerprint density at radius 3 is 2.82 bits per heavy atom. The van der Waals surface area contributed by atoms with Crippen LogP contribution in [0.15, 0.2) is 40.2 Å². The van der Waals surface area contributed by atoms with Crippen molar-refractivity contribution in [3.05, 3.63) is 30.3 Å². The first-order valence-electron chi connectivity index (χ1n) is 7.68. The van der Waals surface area contributed by atoms with Crippen molar-refractivity contribution in [3.63, 3.8) is 0 Å². The minimum Gasteiger partial charge on any atom is -0.391 e. The molecule has 0 bridgehead atoms. The van der Waals surface area contributed by atoms with Crippen molar-refractivity contribution in [1.82, 2.24) is 10.2 Å². The number of thioether (sulfide) groups is 1. The standard InChI is InChI=1S/C16H25N3OS.HI/c1-2-17-16(19-11-9-14(20)13-19)18-10-6-12-21-15-7-4-3-5-8-15;/h3-5,7-8,14,20H,2,6,9-13H2,1H3,(H,17,18);1H/t14-;/m1./s1. The minimum atomic E-state index is -0.206. The zero-order chi connectivity index (χ0) is 14.9. The Morgan fingerprint density at radius 1 is 1.41 bits per heavy atom. The van der Waals surface area contributed by atoms with Crippen molar-refractivity contribution >= 4 is 41.7 Å². The first-order chi connectivity index (χ1) is 10.3. The molecule has 6 heteroatoms. The molecule has 1 aromatic rings. The first-order valence-corrected chi connectivity index (χ1v) is 8.67. The van der Waals surface area contributed by atoms with Gasteiger partial charge in [0.15, 0.2) is 5.96 Å². The van der Waals surface area contributed by atoms with Crippen molar-refractivity contribution in [3.8, 4) is 0 Å². The van der Waals surface area contributed by atoms with E-state index in [1.54, 1.807) is 0 Å². The summed E-state index contributed by atoms with van der Waals surface area (Å²) in [4.78, 5) is 8.14. The number of likely N-dealkylation sites (tertiary alicyclic amines) is 1. The largest absolute Gasteiger partial charge is 0.391 e. The first kappa shape index (κ1) is 19.6. The molecule has 0 amide bonds. The number of nitrogens with zero attached hydrogens (tertiary/aromatic N) is 2. The molecule has 1 atom stereocenters. The number of nitrogens with one attached hydrogen (secondary N) is 1. The molecule has 1 saturated heterocycles. The topological polar surface area (TPSA) is 47.9 Å². The van der Waals surface area contributed by atoms with Gasteiger partial charge in [-0.15, -0.1) is 35.7 Å². The molecule has 0 radical (unpaired) electrons. The Bertz CT molecular complexity index is 444. The van der Waals surface area contributed by atoms with Gasteiger partial charge in [-0.2, -0.15) is 0 Å². The van der Waals surface area contributed by atoms with Gasteiger partial charge >= 0.3 is 0 Å². The van der Waals surface area contributed by atoms with Crippen LogP contribution in [0, 0.1) is 0 Å². The molecule has 0 unspecified atom stereocenters. The summed E-state index contributed by atoms with van der Waals surface area (Å²) in [5.41, 5.74) is 0. The molecule has 0 spiro atoms. The van der Waals surface area contributed by atoms with E-state index in [0.717, 1.165) is 44.2 Å². The second-order valence-electron chi connectivity index (χ2n) is 5.14. The van der Waals surface area contributed by atoms with Crippen LogP contribution in [0.1, 0.15) is 19.8 Å². The average Bonchev–Trinajstić information content (AvgIpc) is 2.93. The number of halogens is 1. The summed E-state index contributed by atoms with van der Waals surface area (Å²) in [6, 6.07) is 10.5. The monoisotopic (exact) mass is 435 g/mol. The van der Waals surface area contributed by atoms with Gasteiger partial charge in [-0.1, -0.05) is 18.2 Å². The number of hydrogen-bond donors (Lipinski definition) is 2. The molecular formula is C16H26IN3OS. The fourth-order valence-electron chi connectivity index (χ4n) is 2.32. The third-order valence-corrected chi connectivity index (χ3v) is 4.47. The molecule has 22 heavy (non-hydrogen) atoms. The normalized spacial score (nSPS) is 18.2. The zero-order valence-corrected chi connectivity index (χ0v) is 16.2. The molecule has 1 aliphatic rings. The van der Waals surface area contributed by atoms with Gasteiger partial charge in [0.1, 0.15) is 0 Å². The molecule has 0 saturated carbocycles. The average molecular weight is 435 g/mol. The number of benzene rings is 1.